The van der Waals surface area contributed by atoms with Crippen molar-refractivity contribution in [1.82, 2.24) is 4.90 Å². The van der Waals surface area contributed by atoms with Gasteiger partial charge in [0.1, 0.15) is 5.92 Å². The molecule has 0 saturated carbocycles. The lowest BCUT2D eigenvalue weighted by atomic mass is 9.98. The zero-order valence-corrected chi connectivity index (χ0v) is 12.5. The Kier molecular flexibility index (Phi) is 4.03. The fourth-order valence-corrected chi connectivity index (χ4v) is 3.58. The van der Waals surface area contributed by atoms with Gasteiger partial charge in [-0.25, -0.2) is 0 Å². The average molecular weight is 296 g/mol. The molecule has 2 aromatic rings. The number of nitriles is 1. The molecule has 0 N–H and O–H groups in total. The van der Waals surface area contributed by atoms with Gasteiger partial charge in [0.2, 0.25) is 5.91 Å². The van der Waals surface area contributed by atoms with Crippen LogP contribution in [0.3, 0.4) is 0 Å². The average Bonchev–Trinajstić information content (AvgIpc) is 3.00. The Labute approximate surface area is 128 Å². The normalized spacial score (nSPS) is 15.1. The van der Waals surface area contributed by atoms with Gasteiger partial charge in [0.25, 0.3) is 0 Å². The van der Waals surface area contributed by atoms with Gasteiger partial charge in [0, 0.05) is 18.0 Å². The number of carbonyl (C=O) groups is 1. The van der Waals surface area contributed by atoms with Crippen molar-refractivity contribution < 1.29 is 4.79 Å². The number of nitrogens with zero attached hydrogens (tertiary/aromatic N) is 2. The predicted molar refractivity (Wildman–Crippen MR) is 82.7 cm³/mol. The maximum absolute atomic E-state index is 12.6. The lowest BCUT2D eigenvalue weighted by Gasteiger charge is -2.28. The first kappa shape index (κ1) is 13.8. The van der Waals surface area contributed by atoms with E-state index in [0.29, 0.717) is 13.0 Å². The molecule has 0 saturated heterocycles. The van der Waals surface area contributed by atoms with Crippen molar-refractivity contribution in [3.05, 3.63) is 57.8 Å². The number of hydrogen-bond acceptors (Lipinski definition) is 3. The first-order valence-electron chi connectivity index (χ1n) is 7.05. The second-order valence-corrected chi connectivity index (χ2v) is 6.25. The van der Waals surface area contributed by atoms with Crippen LogP contribution in [0.4, 0.5) is 0 Å². The Morgan fingerprint density at radius 1 is 1.33 bits per heavy atom. The SMILES string of the molecule is N#CC(Cc1ccccc1)C(=O)N1CCc2sccc2C1. The molecule has 0 aliphatic carbocycles. The summed E-state index contributed by atoms with van der Waals surface area (Å²) in [6.45, 7) is 1.37. The maximum Gasteiger partial charge on any atom is 0.240 e. The van der Waals surface area contributed by atoms with E-state index in [2.05, 4.69) is 17.5 Å². The van der Waals surface area contributed by atoms with E-state index in [9.17, 15) is 10.1 Å². The van der Waals surface area contributed by atoms with Crippen LogP contribution in [0.15, 0.2) is 41.8 Å². The maximum atomic E-state index is 12.6. The Morgan fingerprint density at radius 3 is 2.90 bits per heavy atom. The number of benzene rings is 1. The number of fused-ring (bicyclic) bond motifs is 1. The fraction of sp³-hybridized carbons (Fsp3) is 0.294. The van der Waals surface area contributed by atoms with Gasteiger partial charge < -0.3 is 4.90 Å². The van der Waals surface area contributed by atoms with E-state index in [1.54, 1.807) is 11.3 Å². The van der Waals surface area contributed by atoms with E-state index < -0.39 is 5.92 Å². The standard InChI is InChI=1S/C17H16N2OS/c18-11-15(10-13-4-2-1-3-5-13)17(20)19-8-6-16-14(12-19)7-9-21-16/h1-5,7,9,15H,6,8,10,12H2. The highest BCUT2D eigenvalue weighted by Crippen LogP contribution is 2.25. The van der Waals surface area contributed by atoms with Crippen LogP contribution in [0.5, 0.6) is 0 Å². The van der Waals surface area contributed by atoms with E-state index in [1.165, 1.54) is 10.4 Å². The molecule has 1 aromatic heterocycles. The van der Waals surface area contributed by atoms with Gasteiger partial charge in [-0.1, -0.05) is 30.3 Å². The minimum absolute atomic E-state index is 0.0433. The van der Waals surface area contributed by atoms with Gasteiger partial charge in [-0.05, 0) is 35.4 Å². The van der Waals surface area contributed by atoms with E-state index in [0.717, 1.165) is 18.5 Å². The summed E-state index contributed by atoms with van der Waals surface area (Å²) in [4.78, 5) is 15.8. The molecule has 1 aliphatic rings. The fourth-order valence-electron chi connectivity index (χ4n) is 2.69. The molecule has 0 fully saturated rings. The van der Waals surface area contributed by atoms with Crippen LogP contribution < -0.4 is 0 Å². The molecule has 2 heterocycles. The summed E-state index contributed by atoms with van der Waals surface area (Å²) in [7, 11) is 0. The largest absolute Gasteiger partial charge is 0.337 e. The first-order chi connectivity index (χ1) is 10.3. The van der Waals surface area contributed by atoms with Gasteiger partial charge in [-0.15, -0.1) is 11.3 Å². The summed E-state index contributed by atoms with van der Waals surface area (Å²) in [5.74, 6) is -0.634. The molecular formula is C17H16N2OS. The number of carbonyl (C=O) groups excluding carboxylic acids is 1. The number of amides is 1. The van der Waals surface area contributed by atoms with Crippen LogP contribution in [-0.2, 0) is 24.2 Å². The van der Waals surface area contributed by atoms with Crippen molar-refractivity contribution in [2.75, 3.05) is 6.54 Å². The van der Waals surface area contributed by atoms with Crippen LogP contribution in [0, 0.1) is 17.2 Å². The highest BCUT2D eigenvalue weighted by Gasteiger charge is 2.27. The topological polar surface area (TPSA) is 44.1 Å². The van der Waals surface area contributed by atoms with Crippen LogP contribution >= 0.6 is 11.3 Å². The molecule has 0 spiro atoms. The third-order valence-corrected chi connectivity index (χ3v) is 4.88. The molecule has 1 aliphatic heterocycles. The zero-order valence-electron chi connectivity index (χ0n) is 11.7. The van der Waals surface area contributed by atoms with Gasteiger partial charge >= 0.3 is 0 Å². The van der Waals surface area contributed by atoms with E-state index >= 15 is 0 Å². The minimum atomic E-state index is -0.590. The van der Waals surface area contributed by atoms with Gasteiger partial charge in [0.15, 0.2) is 0 Å². The lowest BCUT2D eigenvalue weighted by Crippen LogP contribution is -2.39. The quantitative estimate of drug-likeness (QED) is 0.874. The summed E-state index contributed by atoms with van der Waals surface area (Å²) < 4.78 is 0. The predicted octanol–water partition coefficient (Wildman–Crippen LogP) is 3.02. The molecule has 1 aromatic carbocycles. The second kappa shape index (κ2) is 6.11. The van der Waals surface area contributed by atoms with Crippen LogP contribution in [-0.4, -0.2) is 17.4 Å². The molecule has 3 rings (SSSR count). The Hall–Kier alpha value is -2.12. The Bertz CT molecular complexity index is 672. The number of thiophene rings is 1. The molecule has 1 unspecified atom stereocenters. The van der Waals surface area contributed by atoms with Gasteiger partial charge in [-0.3, -0.25) is 4.79 Å². The van der Waals surface area contributed by atoms with Crippen LogP contribution in [0.25, 0.3) is 0 Å². The van der Waals surface area contributed by atoms with Crippen molar-refractivity contribution in [3.63, 3.8) is 0 Å². The van der Waals surface area contributed by atoms with E-state index in [4.69, 9.17) is 0 Å². The second-order valence-electron chi connectivity index (χ2n) is 5.25. The monoisotopic (exact) mass is 296 g/mol. The third-order valence-electron chi connectivity index (χ3n) is 3.86. The zero-order chi connectivity index (χ0) is 14.7. The number of hydrogen-bond donors (Lipinski definition) is 0. The summed E-state index contributed by atoms with van der Waals surface area (Å²) in [6.07, 6.45) is 1.39. The number of rotatable bonds is 3. The smallest absolute Gasteiger partial charge is 0.240 e. The third kappa shape index (κ3) is 2.98. The summed E-state index contributed by atoms with van der Waals surface area (Å²) in [5.41, 5.74) is 2.27. The summed E-state index contributed by atoms with van der Waals surface area (Å²) in [6, 6.07) is 14.0. The van der Waals surface area contributed by atoms with Crippen molar-refractivity contribution in [1.29, 1.82) is 5.26 Å². The molecule has 106 valence electrons. The highest BCUT2D eigenvalue weighted by atomic mass is 32.1. The van der Waals surface area contributed by atoms with Crippen molar-refractivity contribution in [3.8, 4) is 6.07 Å². The first-order valence-corrected chi connectivity index (χ1v) is 7.93. The van der Waals surface area contributed by atoms with Crippen molar-refractivity contribution in [2.45, 2.75) is 19.4 Å². The molecule has 21 heavy (non-hydrogen) atoms. The van der Waals surface area contributed by atoms with Gasteiger partial charge in [0.05, 0.1) is 6.07 Å². The molecule has 1 atom stereocenters. The molecule has 3 nitrogen and oxygen atoms in total. The summed E-state index contributed by atoms with van der Waals surface area (Å²) >= 11 is 1.75. The molecule has 0 radical (unpaired) electrons. The van der Waals surface area contributed by atoms with E-state index in [1.807, 2.05) is 35.2 Å². The Morgan fingerprint density at radius 2 is 2.14 bits per heavy atom. The van der Waals surface area contributed by atoms with Crippen LogP contribution in [0.1, 0.15) is 16.0 Å². The molecular weight excluding hydrogens is 280 g/mol. The summed E-state index contributed by atoms with van der Waals surface area (Å²) in [5, 5.41) is 11.4. The Balaban J connectivity index is 1.70. The van der Waals surface area contributed by atoms with E-state index in [-0.39, 0.29) is 5.91 Å². The molecule has 1 amide bonds. The van der Waals surface area contributed by atoms with Gasteiger partial charge in [-0.2, -0.15) is 5.26 Å². The molecule has 0 bridgehead atoms. The lowest BCUT2D eigenvalue weighted by molar-refractivity contribution is -0.134. The van der Waals surface area contributed by atoms with Crippen LogP contribution in [0.2, 0.25) is 0 Å². The van der Waals surface area contributed by atoms with Crippen molar-refractivity contribution in [2.24, 2.45) is 5.92 Å². The minimum Gasteiger partial charge on any atom is -0.337 e. The highest BCUT2D eigenvalue weighted by molar-refractivity contribution is 7.10. The van der Waals surface area contributed by atoms with Crippen molar-refractivity contribution >= 4 is 17.2 Å². The molecule has 4 heteroatoms.